The number of amides is 2. The zero-order chi connectivity index (χ0) is 19.8. The Morgan fingerprint density at radius 1 is 1.00 bits per heavy atom. The lowest BCUT2D eigenvalue weighted by Gasteiger charge is -2.26. The van der Waals surface area contributed by atoms with Gasteiger partial charge >= 0.3 is 6.09 Å². The highest BCUT2D eigenvalue weighted by atomic mass is 16.6. The maximum Gasteiger partial charge on any atom is 0.408 e. The Hall–Kier alpha value is -2.08. The summed E-state index contributed by atoms with van der Waals surface area (Å²) in [7, 11) is 0. The van der Waals surface area contributed by atoms with Crippen molar-refractivity contribution in [2.75, 3.05) is 13.2 Å². The van der Waals surface area contributed by atoms with Crippen LogP contribution in [-0.4, -0.2) is 42.4 Å². The predicted octanol–water partition coefficient (Wildman–Crippen LogP) is 3.05. The summed E-state index contributed by atoms with van der Waals surface area (Å²) in [5.74, 6) is -0.295. The Bertz CT molecular complexity index is 574. The van der Waals surface area contributed by atoms with Crippen LogP contribution in [0.5, 0.6) is 0 Å². The fraction of sp³-hybridized carbons (Fsp3) is 0.600. The molecular formula is C20H32N2O4. The van der Waals surface area contributed by atoms with Crippen LogP contribution in [0.25, 0.3) is 0 Å². The maximum atomic E-state index is 12.5. The minimum absolute atomic E-state index is 0.0694. The monoisotopic (exact) mass is 364 g/mol. The minimum atomic E-state index is -0.820. The molecule has 0 aliphatic carbocycles. The van der Waals surface area contributed by atoms with Gasteiger partial charge in [-0.3, -0.25) is 4.79 Å². The molecule has 6 nitrogen and oxygen atoms in total. The maximum absolute atomic E-state index is 12.5. The summed E-state index contributed by atoms with van der Waals surface area (Å²) in [4.78, 5) is 24.5. The minimum Gasteiger partial charge on any atom is -0.444 e. The van der Waals surface area contributed by atoms with Crippen molar-refractivity contribution >= 4 is 12.0 Å². The van der Waals surface area contributed by atoms with Crippen molar-refractivity contribution in [2.24, 2.45) is 0 Å². The van der Waals surface area contributed by atoms with Crippen molar-refractivity contribution in [1.29, 1.82) is 0 Å². The number of alkyl carbamates (subject to hydrolysis) is 1. The fourth-order valence-corrected chi connectivity index (χ4v) is 2.06. The molecule has 2 amide bonds. The number of benzene rings is 1. The summed E-state index contributed by atoms with van der Waals surface area (Å²) in [5.41, 5.74) is 0.0805. The van der Waals surface area contributed by atoms with E-state index in [1.165, 1.54) is 0 Å². The average molecular weight is 364 g/mol. The van der Waals surface area contributed by atoms with Gasteiger partial charge in [-0.05, 0) is 53.5 Å². The molecule has 0 fully saturated rings. The summed E-state index contributed by atoms with van der Waals surface area (Å²) >= 11 is 0. The highest BCUT2D eigenvalue weighted by Crippen LogP contribution is 2.09. The number of rotatable bonds is 7. The second kappa shape index (κ2) is 9.57. The number of hydrogen-bond donors (Lipinski definition) is 2. The van der Waals surface area contributed by atoms with Gasteiger partial charge in [0.15, 0.2) is 0 Å². The lowest BCUT2D eigenvalue weighted by Crippen LogP contribution is -2.51. The zero-order valence-corrected chi connectivity index (χ0v) is 16.7. The molecule has 0 radical (unpaired) electrons. The first-order chi connectivity index (χ1) is 12.0. The van der Waals surface area contributed by atoms with Crippen LogP contribution in [0.4, 0.5) is 4.79 Å². The molecule has 0 aliphatic rings. The Morgan fingerprint density at radius 2 is 1.62 bits per heavy atom. The quantitative estimate of drug-likeness (QED) is 0.780. The molecule has 1 atom stereocenters. The van der Waals surface area contributed by atoms with E-state index in [0.29, 0.717) is 13.0 Å². The van der Waals surface area contributed by atoms with E-state index in [9.17, 15) is 9.59 Å². The molecule has 0 unspecified atom stereocenters. The molecule has 0 aliphatic heterocycles. The molecule has 1 aromatic rings. The zero-order valence-electron chi connectivity index (χ0n) is 16.7. The van der Waals surface area contributed by atoms with E-state index >= 15 is 0 Å². The van der Waals surface area contributed by atoms with Crippen LogP contribution in [0.1, 0.15) is 47.1 Å². The van der Waals surface area contributed by atoms with Gasteiger partial charge in [0.2, 0.25) is 5.91 Å². The number of ether oxygens (including phenoxy) is 2. The molecule has 0 saturated heterocycles. The van der Waals surface area contributed by atoms with Gasteiger partial charge in [0.05, 0.1) is 12.2 Å². The third kappa shape index (κ3) is 10.0. The number of hydrogen-bond acceptors (Lipinski definition) is 4. The van der Waals surface area contributed by atoms with Gasteiger partial charge in [-0.25, -0.2) is 4.79 Å². The Labute approximate surface area is 156 Å². The molecule has 0 saturated carbocycles. The van der Waals surface area contributed by atoms with Gasteiger partial charge in [-0.1, -0.05) is 30.3 Å². The number of carbonyl (C=O) groups excluding carboxylic acids is 2. The average Bonchev–Trinajstić information content (AvgIpc) is 2.49. The summed E-state index contributed by atoms with van der Waals surface area (Å²) in [6.45, 7) is 11.5. The molecule has 26 heavy (non-hydrogen) atoms. The SMILES string of the molecule is CC(C)(C)OC[C@H](NC(=O)OC(C)(C)C)C(=O)NCCc1ccccc1. The van der Waals surface area contributed by atoms with E-state index < -0.39 is 23.3 Å². The summed E-state index contributed by atoms with van der Waals surface area (Å²) in [6, 6.07) is 9.06. The van der Waals surface area contributed by atoms with Crippen LogP contribution in [0.3, 0.4) is 0 Å². The fourth-order valence-electron chi connectivity index (χ4n) is 2.06. The third-order valence-electron chi connectivity index (χ3n) is 3.25. The molecule has 6 heteroatoms. The second-order valence-electron chi connectivity index (χ2n) is 8.15. The number of carbonyl (C=O) groups is 2. The van der Waals surface area contributed by atoms with Crippen molar-refractivity contribution in [3.8, 4) is 0 Å². The van der Waals surface area contributed by atoms with E-state index in [0.717, 1.165) is 5.56 Å². The largest absolute Gasteiger partial charge is 0.444 e. The Kier molecular flexibility index (Phi) is 8.08. The van der Waals surface area contributed by atoms with E-state index in [4.69, 9.17) is 9.47 Å². The highest BCUT2D eigenvalue weighted by molar-refractivity contribution is 5.85. The van der Waals surface area contributed by atoms with Crippen LogP contribution in [0.15, 0.2) is 30.3 Å². The molecule has 146 valence electrons. The van der Waals surface area contributed by atoms with Gasteiger partial charge < -0.3 is 20.1 Å². The lowest BCUT2D eigenvalue weighted by molar-refractivity contribution is -0.126. The van der Waals surface area contributed by atoms with Crippen LogP contribution in [0, 0.1) is 0 Å². The molecule has 1 rings (SSSR count). The summed E-state index contributed by atoms with van der Waals surface area (Å²) in [5, 5.41) is 5.44. The van der Waals surface area contributed by atoms with Crippen LogP contribution >= 0.6 is 0 Å². The van der Waals surface area contributed by atoms with E-state index in [-0.39, 0.29) is 12.5 Å². The molecular weight excluding hydrogens is 332 g/mol. The van der Waals surface area contributed by atoms with Gasteiger partial charge in [0.25, 0.3) is 0 Å². The van der Waals surface area contributed by atoms with Crippen molar-refractivity contribution in [3.05, 3.63) is 35.9 Å². The third-order valence-corrected chi connectivity index (χ3v) is 3.25. The molecule has 0 aromatic heterocycles. The molecule has 0 heterocycles. The highest BCUT2D eigenvalue weighted by Gasteiger charge is 2.26. The van der Waals surface area contributed by atoms with E-state index in [1.807, 2.05) is 51.1 Å². The molecule has 2 N–H and O–H groups in total. The first-order valence-corrected chi connectivity index (χ1v) is 8.91. The van der Waals surface area contributed by atoms with E-state index in [2.05, 4.69) is 10.6 Å². The normalized spacial score (nSPS) is 13.0. The first-order valence-electron chi connectivity index (χ1n) is 8.91. The number of nitrogens with one attached hydrogen (secondary N) is 2. The topological polar surface area (TPSA) is 76.7 Å². The van der Waals surface area contributed by atoms with Crippen molar-refractivity contribution < 1.29 is 19.1 Å². The Balaban J connectivity index is 2.60. The summed E-state index contributed by atoms with van der Waals surface area (Å²) < 4.78 is 10.9. The standard InChI is InChI=1S/C20H32N2O4/c1-19(2,3)25-14-16(22-18(24)26-20(4,5)6)17(23)21-13-12-15-10-8-7-9-11-15/h7-11,16H,12-14H2,1-6H3,(H,21,23)(H,22,24)/t16-/m0/s1. The lowest BCUT2D eigenvalue weighted by atomic mass is 10.1. The van der Waals surface area contributed by atoms with E-state index in [1.54, 1.807) is 20.8 Å². The van der Waals surface area contributed by atoms with Gasteiger partial charge in [0, 0.05) is 6.54 Å². The first kappa shape index (κ1) is 22.0. The summed E-state index contributed by atoms with van der Waals surface area (Å²) in [6.07, 6.45) is 0.0736. The van der Waals surface area contributed by atoms with Crippen molar-refractivity contribution in [3.63, 3.8) is 0 Å². The predicted molar refractivity (Wildman–Crippen MR) is 102 cm³/mol. The van der Waals surface area contributed by atoms with Crippen molar-refractivity contribution in [1.82, 2.24) is 10.6 Å². The molecule has 0 spiro atoms. The molecule has 0 bridgehead atoms. The van der Waals surface area contributed by atoms with Crippen LogP contribution < -0.4 is 10.6 Å². The van der Waals surface area contributed by atoms with Crippen molar-refractivity contribution in [2.45, 2.75) is 65.2 Å². The molecule has 1 aromatic carbocycles. The van der Waals surface area contributed by atoms with Gasteiger partial charge in [0.1, 0.15) is 11.6 Å². The van der Waals surface area contributed by atoms with Gasteiger partial charge in [-0.2, -0.15) is 0 Å². The smallest absolute Gasteiger partial charge is 0.408 e. The Morgan fingerprint density at radius 3 is 2.15 bits per heavy atom. The van der Waals surface area contributed by atoms with Crippen LogP contribution in [-0.2, 0) is 20.7 Å². The van der Waals surface area contributed by atoms with Gasteiger partial charge in [-0.15, -0.1) is 0 Å². The van der Waals surface area contributed by atoms with Crippen LogP contribution in [0.2, 0.25) is 0 Å². The second-order valence-corrected chi connectivity index (χ2v) is 8.15.